The molecule has 9 heteroatoms. The number of carboxylic acid groups (broad SMARTS) is 1. The number of aromatic carboxylic acids is 1. The number of amides is 2. The second-order valence-electron chi connectivity index (χ2n) is 5.23. The summed E-state index contributed by atoms with van der Waals surface area (Å²) in [6.45, 7) is 0.167. The van der Waals surface area contributed by atoms with Gasteiger partial charge in [0.15, 0.2) is 0 Å². The van der Waals surface area contributed by atoms with Crippen molar-refractivity contribution in [1.82, 2.24) is 10.7 Å². The van der Waals surface area contributed by atoms with Crippen molar-refractivity contribution in [3.8, 4) is 5.75 Å². The number of ether oxygens (including phenoxy) is 1. The fourth-order valence-corrected chi connectivity index (χ4v) is 2.16. The molecule has 0 unspecified atom stereocenters. The van der Waals surface area contributed by atoms with Gasteiger partial charge in [-0.25, -0.2) is 5.43 Å². The maximum atomic E-state index is 11.4. The summed E-state index contributed by atoms with van der Waals surface area (Å²) in [4.78, 5) is 33.2. The van der Waals surface area contributed by atoms with Gasteiger partial charge in [-0.15, -0.1) is 0 Å². The van der Waals surface area contributed by atoms with Gasteiger partial charge >= 0.3 is 11.8 Å². The minimum Gasteiger partial charge on any atom is -0.545 e. The summed E-state index contributed by atoms with van der Waals surface area (Å²) in [7, 11) is 1.33. The molecule has 0 aromatic heterocycles. The Kier molecular flexibility index (Phi) is 6.90. The Morgan fingerprint density at radius 1 is 1.15 bits per heavy atom. The van der Waals surface area contributed by atoms with Gasteiger partial charge in [0.2, 0.25) is 0 Å². The van der Waals surface area contributed by atoms with Crippen LogP contribution in [0.1, 0.15) is 21.5 Å². The second-order valence-corrected chi connectivity index (χ2v) is 5.67. The third kappa shape index (κ3) is 5.82. The number of halogens is 1. The first kappa shape index (κ1) is 19.9. The Bertz CT molecular complexity index is 881. The number of carbonyl (C=O) groups excluding carboxylic acids is 3. The molecule has 2 rings (SSSR count). The van der Waals surface area contributed by atoms with Crippen molar-refractivity contribution in [2.75, 3.05) is 7.05 Å². The Morgan fingerprint density at radius 3 is 2.48 bits per heavy atom. The summed E-state index contributed by atoms with van der Waals surface area (Å²) in [5.41, 5.74) is 3.37. The molecule has 0 aliphatic heterocycles. The van der Waals surface area contributed by atoms with Crippen molar-refractivity contribution in [3.05, 3.63) is 64.2 Å². The van der Waals surface area contributed by atoms with Gasteiger partial charge in [0.25, 0.3) is 0 Å². The zero-order valence-electron chi connectivity index (χ0n) is 14.2. The van der Waals surface area contributed by atoms with E-state index in [0.717, 1.165) is 5.56 Å². The number of nitrogens with zero attached hydrogens (tertiary/aromatic N) is 1. The SMILES string of the molecule is CNC(=O)C(=O)N/N=C\c1cc(Cl)ccc1OCc1ccc(C(=O)[O-])cc1. The predicted octanol–water partition coefficient (Wildman–Crippen LogP) is 0.479. The van der Waals surface area contributed by atoms with Gasteiger partial charge in [0, 0.05) is 17.6 Å². The molecule has 2 aromatic rings. The number of likely N-dealkylation sites (N-methyl/N-ethyl adjacent to an activating group) is 1. The molecule has 2 aromatic carbocycles. The Labute approximate surface area is 159 Å². The smallest absolute Gasteiger partial charge is 0.329 e. The molecule has 0 atom stereocenters. The van der Waals surface area contributed by atoms with Crippen molar-refractivity contribution in [2.45, 2.75) is 6.61 Å². The van der Waals surface area contributed by atoms with Crippen LogP contribution in [0.25, 0.3) is 0 Å². The molecule has 0 spiro atoms. The van der Waals surface area contributed by atoms with Gasteiger partial charge in [0.1, 0.15) is 12.4 Å². The van der Waals surface area contributed by atoms with Gasteiger partial charge < -0.3 is 20.0 Å². The van der Waals surface area contributed by atoms with Crippen molar-refractivity contribution in [3.63, 3.8) is 0 Å². The van der Waals surface area contributed by atoms with E-state index in [4.69, 9.17) is 16.3 Å². The van der Waals surface area contributed by atoms with Gasteiger partial charge in [-0.05, 0) is 29.3 Å². The van der Waals surface area contributed by atoms with E-state index in [9.17, 15) is 19.5 Å². The van der Waals surface area contributed by atoms with Gasteiger partial charge in [-0.1, -0.05) is 35.9 Å². The summed E-state index contributed by atoms with van der Waals surface area (Å²) >= 11 is 5.97. The highest BCUT2D eigenvalue weighted by molar-refractivity contribution is 6.35. The summed E-state index contributed by atoms with van der Waals surface area (Å²) < 4.78 is 5.70. The standard InChI is InChI=1S/C18H16ClN3O5/c1-20-16(23)17(24)22-21-9-13-8-14(19)6-7-15(13)27-10-11-2-4-12(5-3-11)18(25)26/h2-9H,10H2,1H3,(H,20,23)(H,22,24)(H,25,26)/p-1/b21-9-. The fraction of sp³-hybridized carbons (Fsp3) is 0.111. The third-order valence-corrected chi connectivity index (χ3v) is 3.59. The van der Waals surface area contributed by atoms with E-state index in [1.165, 1.54) is 25.4 Å². The van der Waals surface area contributed by atoms with Crippen LogP contribution >= 0.6 is 11.6 Å². The average Bonchev–Trinajstić information content (AvgIpc) is 2.66. The quantitative estimate of drug-likeness (QED) is 0.423. The van der Waals surface area contributed by atoms with Crippen LogP contribution in [0.4, 0.5) is 0 Å². The summed E-state index contributed by atoms with van der Waals surface area (Å²) in [6.07, 6.45) is 1.29. The molecule has 8 nitrogen and oxygen atoms in total. The van der Waals surface area contributed by atoms with E-state index in [2.05, 4.69) is 15.8 Å². The first-order valence-corrected chi connectivity index (χ1v) is 8.06. The first-order valence-electron chi connectivity index (χ1n) is 7.68. The minimum atomic E-state index is -1.25. The minimum absolute atomic E-state index is 0.0740. The Morgan fingerprint density at radius 2 is 1.85 bits per heavy atom. The molecule has 0 saturated carbocycles. The van der Waals surface area contributed by atoms with Crippen molar-refractivity contribution < 1.29 is 24.2 Å². The maximum Gasteiger partial charge on any atom is 0.329 e. The topological polar surface area (TPSA) is 120 Å². The molecular weight excluding hydrogens is 374 g/mol. The van der Waals surface area contributed by atoms with Gasteiger partial charge in [0.05, 0.1) is 12.2 Å². The highest BCUT2D eigenvalue weighted by Crippen LogP contribution is 2.22. The number of carboxylic acids is 1. The molecule has 0 fully saturated rings. The molecule has 0 radical (unpaired) electrons. The lowest BCUT2D eigenvalue weighted by molar-refractivity contribution is -0.255. The van der Waals surface area contributed by atoms with Crippen molar-refractivity contribution >= 4 is 35.6 Å². The van der Waals surface area contributed by atoms with Crippen LogP contribution in [0.3, 0.4) is 0 Å². The first-order chi connectivity index (χ1) is 12.9. The molecule has 0 aliphatic carbocycles. The molecule has 27 heavy (non-hydrogen) atoms. The summed E-state index contributed by atoms with van der Waals surface area (Å²) in [5, 5.41) is 17.1. The largest absolute Gasteiger partial charge is 0.545 e. The van der Waals surface area contributed by atoms with E-state index in [1.54, 1.807) is 30.3 Å². The Balaban J connectivity index is 2.07. The Hall–Kier alpha value is -3.39. The van der Waals surface area contributed by atoms with E-state index < -0.39 is 17.8 Å². The summed E-state index contributed by atoms with van der Waals surface area (Å²) in [5.74, 6) is -2.56. The lowest BCUT2D eigenvalue weighted by atomic mass is 10.1. The van der Waals surface area contributed by atoms with Crippen LogP contribution in [-0.2, 0) is 16.2 Å². The number of hydrogen-bond donors (Lipinski definition) is 2. The highest BCUT2D eigenvalue weighted by atomic mass is 35.5. The zero-order valence-corrected chi connectivity index (χ0v) is 14.9. The van der Waals surface area contributed by atoms with E-state index in [1.807, 2.05) is 0 Å². The van der Waals surface area contributed by atoms with Crippen LogP contribution in [-0.4, -0.2) is 31.0 Å². The second kappa shape index (κ2) is 9.35. The van der Waals surface area contributed by atoms with Crippen LogP contribution in [0.5, 0.6) is 5.75 Å². The van der Waals surface area contributed by atoms with Gasteiger partial charge in [-0.2, -0.15) is 5.10 Å². The van der Waals surface area contributed by atoms with Crippen LogP contribution in [0, 0.1) is 0 Å². The zero-order chi connectivity index (χ0) is 19.8. The number of hydrogen-bond acceptors (Lipinski definition) is 6. The summed E-state index contributed by atoms with van der Waals surface area (Å²) in [6, 6.07) is 10.9. The number of nitrogens with one attached hydrogen (secondary N) is 2. The lowest BCUT2D eigenvalue weighted by Crippen LogP contribution is -2.35. The normalized spacial score (nSPS) is 10.4. The highest BCUT2D eigenvalue weighted by Gasteiger charge is 2.09. The van der Waals surface area contributed by atoms with E-state index >= 15 is 0 Å². The van der Waals surface area contributed by atoms with Crippen LogP contribution in [0.2, 0.25) is 5.02 Å². The van der Waals surface area contributed by atoms with Crippen LogP contribution in [0.15, 0.2) is 47.6 Å². The van der Waals surface area contributed by atoms with Crippen molar-refractivity contribution in [2.24, 2.45) is 5.10 Å². The molecule has 2 amide bonds. The van der Waals surface area contributed by atoms with E-state index in [0.29, 0.717) is 16.3 Å². The van der Waals surface area contributed by atoms with E-state index in [-0.39, 0.29) is 12.2 Å². The molecule has 0 saturated heterocycles. The third-order valence-electron chi connectivity index (χ3n) is 3.36. The molecule has 0 bridgehead atoms. The van der Waals surface area contributed by atoms with Gasteiger partial charge in [-0.3, -0.25) is 9.59 Å². The average molecular weight is 389 g/mol. The predicted molar refractivity (Wildman–Crippen MR) is 96.4 cm³/mol. The molecule has 2 N–H and O–H groups in total. The molecule has 140 valence electrons. The number of benzene rings is 2. The molecule has 0 heterocycles. The van der Waals surface area contributed by atoms with Crippen molar-refractivity contribution in [1.29, 1.82) is 0 Å². The number of hydrazone groups is 1. The lowest BCUT2D eigenvalue weighted by Gasteiger charge is -2.10. The monoisotopic (exact) mass is 388 g/mol. The maximum absolute atomic E-state index is 11.4. The molecular formula is C18H15ClN3O5-. The molecule has 0 aliphatic rings. The number of rotatable bonds is 6. The fourth-order valence-electron chi connectivity index (χ4n) is 1.97. The van der Waals surface area contributed by atoms with Crippen LogP contribution < -0.4 is 20.6 Å². The number of carbonyl (C=O) groups is 3.